The minimum absolute atomic E-state index is 0.116. The summed E-state index contributed by atoms with van der Waals surface area (Å²) in [5.74, 6) is 9.77. The first kappa shape index (κ1) is 26.2. The van der Waals surface area contributed by atoms with Gasteiger partial charge in [-0.3, -0.25) is 9.09 Å². The minimum atomic E-state index is -5.69. The average Bonchev–Trinajstić information content (AvgIpc) is 3.02. The summed E-state index contributed by atoms with van der Waals surface area (Å²) in [6.45, 7) is 0.593. The summed E-state index contributed by atoms with van der Waals surface area (Å²) in [7, 11) is -16.7. The van der Waals surface area contributed by atoms with E-state index in [-0.39, 0.29) is 29.3 Å². The lowest BCUT2D eigenvalue weighted by Gasteiger charge is -2.18. The standard InChI is InChI=1S/C12H17N4O13P3/c1-2-3-7-5-16(12(17)15-11(7)13)10-4-8(27-14)9(26-10)6-25-31(21,22)29-32(23,24)28-30(18,19)20/h5,10H,4,6,14H2,1H3,(H,21,22)(H,23,24)(H2,13,15,17)(H2,18,19,20)/t10-/m1/s1. The maximum atomic E-state index is 12.2. The van der Waals surface area contributed by atoms with Crippen molar-refractivity contribution in [2.24, 2.45) is 5.90 Å². The zero-order valence-corrected chi connectivity index (χ0v) is 18.6. The molecular formula is C12H17N4O13P3. The van der Waals surface area contributed by atoms with E-state index in [1.54, 1.807) is 0 Å². The Morgan fingerprint density at radius 2 is 1.91 bits per heavy atom. The van der Waals surface area contributed by atoms with Gasteiger partial charge in [-0.2, -0.15) is 19.5 Å². The maximum Gasteiger partial charge on any atom is 0.490 e. The number of ether oxygens (including phenoxy) is 1. The summed E-state index contributed by atoms with van der Waals surface area (Å²) in [4.78, 5) is 56.0. The highest BCUT2D eigenvalue weighted by atomic mass is 31.3. The van der Waals surface area contributed by atoms with Crippen molar-refractivity contribution in [1.29, 1.82) is 0 Å². The molecule has 2 rings (SSSR count). The molecule has 1 aliphatic rings. The van der Waals surface area contributed by atoms with E-state index >= 15 is 0 Å². The summed E-state index contributed by atoms with van der Waals surface area (Å²) in [6.07, 6.45) is -0.0208. The number of phosphoric ester groups is 1. The van der Waals surface area contributed by atoms with Crippen molar-refractivity contribution in [2.45, 2.75) is 19.6 Å². The molecule has 2 unspecified atom stereocenters. The van der Waals surface area contributed by atoms with Crippen LogP contribution >= 0.6 is 23.5 Å². The summed E-state index contributed by atoms with van der Waals surface area (Å²) in [5, 5.41) is 0. The molecule has 0 bridgehead atoms. The molecule has 0 aliphatic carbocycles. The third kappa shape index (κ3) is 7.24. The van der Waals surface area contributed by atoms with Gasteiger partial charge in [-0.25, -0.2) is 18.5 Å². The van der Waals surface area contributed by atoms with Crippen LogP contribution in [0, 0.1) is 11.8 Å². The second-order valence-electron chi connectivity index (χ2n) is 5.71. The molecule has 178 valence electrons. The van der Waals surface area contributed by atoms with Gasteiger partial charge >= 0.3 is 29.2 Å². The summed E-state index contributed by atoms with van der Waals surface area (Å²) >= 11 is 0. The molecule has 3 atom stereocenters. The summed E-state index contributed by atoms with van der Waals surface area (Å²) < 4.78 is 51.9. The van der Waals surface area contributed by atoms with Gasteiger partial charge in [0.15, 0.2) is 17.7 Å². The molecule has 1 aliphatic heterocycles. The Bertz CT molecular complexity index is 1180. The van der Waals surface area contributed by atoms with E-state index in [2.05, 4.69) is 34.8 Å². The fraction of sp³-hybridized carbons (Fsp3) is 0.333. The lowest BCUT2D eigenvalue weighted by molar-refractivity contribution is 0.0571. The lowest BCUT2D eigenvalue weighted by atomic mass is 10.3. The molecule has 0 amide bonds. The van der Waals surface area contributed by atoms with Crippen molar-refractivity contribution >= 4 is 29.3 Å². The largest absolute Gasteiger partial charge is 0.490 e. The first-order chi connectivity index (χ1) is 14.7. The number of nitrogen functional groups attached to an aromatic ring is 1. The van der Waals surface area contributed by atoms with E-state index in [4.69, 9.17) is 31.0 Å². The van der Waals surface area contributed by atoms with E-state index in [1.165, 1.54) is 13.1 Å². The van der Waals surface area contributed by atoms with Crippen LogP contribution in [0.25, 0.3) is 0 Å². The number of aromatic nitrogens is 2. The van der Waals surface area contributed by atoms with Crippen LogP contribution in [0.2, 0.25) is 0 Å². The van der Waals surface area contributed by atoms with Gasteiger partial charge < -0.3 is 34.9 Å². The molecule has 0 saturated carbocycles. The Hall–Kier alpha value is -2.05. The van der Waals surface area contributed by atoms with Gasteiger partial charge in [0, 0.05) is 6.20 Å². The molecule has 0 aromatic carbocycles. The van der Waals surface area contributed by atoms with Crippen LogP contribution in [0.5, 0.6) is 0 Å². The van der Waals surface area contributed by atoms with Crippen LogP contribution in [0.1, 0.15) is 25.1 Å². The normalized spacial score (nSPS) is 20.0. The zero-order valence-electron chi connectivity index (χ0n) is 15.9. The zero-order chi connectivity index (χ0) is 24.3. The third-order valence-electron chi connectivity index (χ3n) is 3.42. The predicted octanol–water partition coefficient (Wildman–Crippen LogP) is -0.439. The second kappa shape index (κ2) is 9.84. The van der Waals surface area contributed by atoms with E-state index in [0.717, 1.165) is 4.57 Å². The fourth-order valence-electron chi connectivity index (χ4n) is 2.29. The highest BCUT2D eigenvalue weighted by Crippen LogP contribution is 2.66. The highest BCUT2D eigenvalue weighted by molar-refractivity contribution is 7.66. The number of hydrogen-bond acceptors (Lipinski definition) is 12. The molecule has 2 heterocycles. The molecule has 1 aromatic heterocycles. The van der Waals surface area contributed by atoms with Crippen LogP contribution < -0.4 is 17.3 Å². The first-order valence-electron chi connectivity index (χ1n) is 8.01. The Balaban J connectivity index is 2.15. The van der Waals surface area contributed by atoms with Crippen molar-refractivity contribution in [3.63, 3.8) is 0 Å². The minimum Gasteiger partial charge on any atom is -0.468 e. The lowest BCUT2D eigenvalue weighted by Crippen LogP contribution is -2.28. The Labute approximate surface area is 178 Å². The molecule has 0 spiro atoms. The molecule has 32 heavy (non-hydrogen) atoms. The third-order valence-corrected chi connectivity index (χ3v) is 7.20. The number of nitrogens with zero attached hydrogens (tertiary/aromatic N) is 2. The van der Waals surface area contributed by atoms with Crippen LogP contribution in [-0.2, 0) is 36.4 Å². The molecule has 17 nitrogen and oxygen atoms in total. The Morgan fingerprint density at radius 1 is 1.25 bits per heavy atom. The van der Waals surface area contributed by atoms with Gasteiger partial charge in [-0.1, -0.05) is 5.92 Å². The molecular weight excluding hydrogens is 501 g/mol. The van der Waals surface area contributed by atoms with Gasteiger partial charge in [-0.05, 0) is 6.92 Å². The van der Waals surface area contributed by atoms with E-state index in [0.29, 0.717) is 0 Å². The summed E-state index contributed by atoms with van der Waals surface area (Å²) in [6, 6.07) is 0. The number of nitrogens with two attached hydrogens (primary N) is 2. The second-order valence-corrected chi connectivity index (χ2v) is 10.1. The highest BCUT2D eigenvalue weighted by Gasteiger charge is 2.41. The monoisotopic (exact) mass is 518 g/mol. The van der Waals surface area contributed by atoms with Crippen molar-refractivity contribution < 1.29 is 56.0 Å². The SMILES string of the molecule is CC#Cc1cn([C@H]2CC(ON)=C(COP(=O)(O)OP(=O)(O)OP(=O)(O)O)O2)c(=O)nc1N. The number of phosphoric acid groups is 3. The van der Waals surface area contributed by atoms with E-state index in [9.17, 15) is 23.4 Å². The molecule has 0 fully saturated rings. The van der Waals surface area contributed by atoms with Gasteiger partial charge in [-0.15, -0.1) is 5.92 Å². The predicted molar refractivity (Wildman–Crippen MR) is 102 cm³/mol. The van der Waals surface area contributed by atoms with Crippen molar-refractivity contribution in [2.75, 3.05) is 12.3 Å². The van der Waals surface area contributed by atoms with E-state index < -0.39 is 42.0 Å². The van der Waals surface area contributed by atoms with Gasteiger partial charge in [0.05, 0.1) is 12.0 Å². The first-order valence-corrected chi connectivity index (χ1v) is 12.5. The van der Waals surface area contributed by atoms with Gasteiger partial charge in [0.2, 0.25) is 0 Å². The number of rotatable bonds is 9. The molecule has 20 heteroatoms. The number of hydrogen-bond donors (Lipinski definition) is 6. The van der Waals surface area contributed by atoms with E-state index in [1.807, 2.05) is 0 Å². The molecule has 1 aromatic rings. The molecule has 8 N–H and O–H groups in total. The van der Waals surface area contributed by atoms with Crippen LogP contribution in [0.3, 0.4) is 0 Å². The van der Waals surface area contributed by atoms with Crippen LogP contribution in [0.4, 0.5) is 5.82 Å². The molecule has 0 saturated heterocycles. The Kier molecular flexibility index (Phi) is 8.05. The van der Waals surface area contributed by atoms with Crippen molar-refractivity contribution in [3.8, 4) is 11.8 Å². The summed E-state index contributed by atoms with van der Waals surface area (Å²) in [5.41, 5.74) is 5.02. The fourth-order valence-corrected chi connectivity index (χ4v) is 5.26. The van der Waals surface area contributed by atoms with Crippen molar-refractivity contribution in [1.82, 2.24) is 9.55 Å². The van der Waals surface area contributed by atoms with Gasteiger partial charge in [0.1, 0.15) is 12.4 Å². The smallest absolute Gasteiger partial charge is 0.468 e. The topological polar surface area (TPSA) is 265 Å². The van der Waals surface area contributed by atoms with Gasteiger partial charge in [0.25, 0.3) is 0 Å². The maximum absolute atomic E-state index is 12.2. The quantitative estimate of drug-likeness (QED) is 0.137. The average molecular weight is 518 g/mol. The van der Waals surface area contributed by atoms with Crippen molar-refractivity contribution in [3.05, 3.63) is 33.8 Å². The van der Waals surface area contributed by atoms with Crippen LogP contribution in [-0.4, -0.2) is 35.7 Å². The Morgan fingerprint density at radius 3 is 2.47 bits per heavy atom. The molecule has 0 radical (unpaired) electrons. The van der Waals surface area contributed by atoms with Crippen LogP contribution in [0.15, 0.2) is 22.5 Å². The number of anilines is 1.